The summed E-state index contributed by atoms with van der Waals surface area (Å²) >= 11 is 6.01. The largest absolute Gasteiger partial charge is 0.493 e. The summed E-state index contributed by atoms with van der Waals surface area (Å²) in [5, 5.41) is 3.72. The highest BCUT2D eigenvalue weighted by atomic mass is 127. The molecule has 0 atom stereocenters. The Kier molecular flexibility index (Phi) is 10.1. The van der Waals surface area contributed by atoms with Crippen molar-refractivity contribution in [2.24, 2.45) is 10.7 Å². The maximum absolute atomic E-state index is 6.01. The standard InChI is InChI=1S/C19H24ClN3O3.HI/c1-4-26-17-10-15(20)7-6-14(17)12-23-19(21)22-11-13-5-8-16(24-2)18(9-13)25-3;/h5-10H,4,11-12H2,1-3H3,(H3,21,22,23);1H. The van der Waals surface area contributed by atoms with Crippen molar-refractivity contribution < 1.29 is 14.2 Å². The summed E-state index contributed by atoms with van der Waals surface area (Å²) in [6.45, 7) is 3.42. The maximum atomic E-state index is 6.01. The van der Waals surface area contributed by atoms with Crippen LogP contribution in [0.1, 0.15) is 18.1 Å². The smallest absolute Gasteiger partial charge is 0.189 e. The van der Waals surface area contributed by atoms with Crippen molar-refractivity contribution in [1.29, 1.82) is 0 Å². The van der Waals surface area contributed by atoms with E-state index in [0.717, 1.165) is 16.9 Å². The first-order valence-corrected chi connectivity index (χ1v) is 8.61. The van der Waals surface area contributed by atoms with Gasteiger partial charge >= 0.3 is 0 Å². The molecule has 0 unspecified atom stereocenters. The molecule has 8 heteroatoms. The zero-order chi connectivity index (χ0) is 18.9. The van der Waals surface area contributed by atoms with Crippen LogP contribution in [0.25, 0.3) is 0 Å². The normalized spacial score (nSPS) is 10.7. The Morgan fingerprint density at radius 2 is 1.81 bits per heavy atom. The number of benzene rings is 2. The highest BCUT2D eigenvalue weighted by Crippen LogP contribution is 2.27. The first-order chi connectivity index (χ1) is 12.6. The van der Waals surface area contributed by atoms with Crippen LogP contribution in [0, 0.1) is 0 Å². The second kappa shape index (κ2) is 11.8. The fourth-order valence-electron chi connectivity index (χ4n) is 2.36. The highest BCUT2D eigenvalue weighted by molar-refractivity contribution is 14.0. The number of rotatable bonds is 8. The van der Waals surface area contributed by atoms with Gasteiger partial charge in [0, 0.05) is 17.1 Å². The second-order valence-corrected chi connectivity index (χ2v) is 5.87. The van der Waals surface area contributed by atoms with E-state index in [4.69, 9.17) is 31.5 Å². The van der Waals surface area contributed by atoms with Crippen LogP contribution in [0.5, 0.6) is 17.2 Å². The predicted molar refractivity (Wildman–Crippen MR) is 120 cm³/mol. The molecule has 3 N–H and O–H groups in total. The fourth-order valence-corrected chi connectivity index (χ4v) is 2.52. The monoisotopic (exact) mass is 505 g/mol. The quantitative estimate of drug-likeness (QED) is 0.322. The molecule has 0 aliphatic heterocycles. The molecule has 2 rings (SSSR count). The molecule has 0 spiro atoms. The van der Waals surface area contributed by atoms with Gasteiger partial charge in [-0.25, -0.2) is 4.99 Å². The number of methoxy groups -OCH3 is 2. The number of guanidine groups is 1. The minimum atomic E-state index is 0. The summed E-state index contributed by atoms with van der Waals surface area (Å²) in [5.74, 6) is 2.42. The van der Waals surface area contributed by atoms with Crippen LogP contribution >= 0.6 is 35.6 Å². The number of nitrogens with two attached hydrogens (primary N) is 1. The number of nitrogens with zero attached hydrogens (tertiary/aromatic N) is 1. The van der Waals surface area contributed by atoms with Crippen molar-refractivity contribution >= 4 is 41.5 Å². The van der Waals surface area contributed by atoms with E-state index in [0.29, 0.717) is 42.2 Å². The first kappa shape index (κ1) is 23.2. The van der Waals surface area contributed by atoms with E-state index in [1.165, 1.54) is 0 Å². The van der Waals surface area contributed by atoms with Gasteiger partial charge < -0.3 is 25.3 Å². The summed E-state index contributed by atoms with van der Waals surface area (Å²) < 4.78 is 16.1. The number of hydrogen-bond donors (Lipinski definition) is 2. The number of nitrogens with one attached hydrogen (secondary N) is 1. The van der Waals surface area contributed by atoms with Crippen LogP contribution in [-0.4, -0.2) is 26.8 Å². The molecule has 0 aliphatic carbocycles. The van der Waals surface area contributed by atoms with Gasteiger partial charge in [0.05, 0.1) is 27.4 Å². The molecule has 2 aromatic rings. The molecule has 0 aliphatic rings. The zero-order valence-corrected chi connectivity index (χ0v) is 18.7. The topological polar surface area (TPSA) is 78.1 Å². The minimum absolute atomic E-state index is 0. The van der Waals surface area contributed by atoms with Crippen LogP contribution in [-0.2, 0) is 13.1 Å². The lowest BCUT2D eigenvalue weighted by molar-refractivity contribution is 0.336. The van der Waals surface area contributed by atoms with Crippen LogP contribution < -0.4 is 25.3 Å². The Balaban J connectivity index is 0.00000364. The molecular weight excluding hydrogens is 481 g/mol. The van der Waals surface area contributed by atoms with Gasteiger partial charge in [-0.15, -0.1) is 24.0 Å². The molecule has 0 radical (unpaired) electrons. The van der Waals surface area contributed by atoms with Gasteiger partial charge in [-0.1, -0.05) is 23.7 Å². The summed E-state index contributed by atoms with van der Waals surface area (Å²) in [5.41, 5.74) is 7.89. The SMILES string of the molecule is CCOc1cc(Cl)ccc1CNC(N)=NCc1ccc(OC)c(OC)c1.I. The molecule has 0 saturated carbocycles. The van der Waals surface area contributed by atoms with Gasteiger partial charge in [0.2, 0.25) is 0 Å². The van der Waals surface area contributed by atoms with Gasteiger partial charge in [0.15, 0.2) is 17.5 Å². The lowest BCUT2D eigenvalue weighted by atomic mass is 10.2. The third kappa shape index (κ3) is 6.99. The van der Waals surface area contributed by atoms with Gasteiger partial charge in [-0.3, -0.25) is 0 Å². The molecule has 0 fully saturated rings. The molecule has 27 heavy (non-hydrogen) atoms. The summed E-state index contributed by atoms with van der Waals surface area (Å²) in [4.78, 5) is 4.35. The van der Waals surface area contributed by atoms with Crippen molar-refractivity contribution in [2.45, 2.75) is 20.0 Å². The Hall–Kier alpha value is -1.87. The average molecular weight is 506 g/mol. The van der Waals surface area contributed by atoms with Crippen molar-refractivity contribution in [1.82, 2.24) is 5.32 Å². The minimum Gasteiger partial charge on any atom is -0.493 e. The van der Waals surface area contributed by atoms with Gasteiger partial charge in [-0.2, -0.15) is 0 Å². The van der Waals surface area contributed by atoms with Crippen molar-refractivity contribution in [3.63, 3.8) is 0 Å². The molecule has 0 aromatic heterocycles. The fraction of sp³-hybridized carbons (Fsp3) is 0.316. The third-order valence-electron chi connectivity index (χ3n) is 3.67. The Morgan fingerprint density at radius 3 is 2.48 bits per heavy atom. The van der Waals surface area contributed by atoms with E-state index in [-0.39, 0.29) is 24.0 Å². The summed E-state index contributed by atoms with van der Waals surface area (Å²) in [7, 11) is 3.20. The maximum Gasteiger partial charge on any atom is 0.189 e. The Bertz CT molecular complexity index is 772. The van der Waals surface area contributed by atoms with E-state index in [2.05, 4.69) is 10.3 Å². The molecule has 0 saturated heterocycles. The molecule has 0 bridgehead atoms. The third-order valence-corrected chi connectivity index (χ3v) is 3.90. The second-order valence-electron chi connectivity index (χ2n) is 5.43. The predicted octanol–water partition coefficient (Wildman–Crippen LogP) is 3.98. The number of ether oxygens (including phenoxy) is 3. The lowest BCUT2D eigenvalue weighted by Gasteiger charge is -2.12. The number of halogens is 2. The van der Waals surface area contributed by atoms with E-state index in [9.17, 15) is 0 Å². The van der Waals surface area contributed by atoms with Gasteiger partial charge in [0.1, 0.15) is 5.75 Å². The average Bonchev–Trinajstić information content (AvgIpc) is 2.65. The van der Waals surface area contributed by atoms with E-state index in [1.807, 2.05) is 37.3 Å². The van der Waals surface area contributed by atoms with Crippen LogP contribution in [0.15, 0.2) is 41.4 Å². The van der Waals surface area contributed by atoms with E-state index in [1.54, 1.807) is 20.3 Å². The highest BCUT2D eigenvalue weighted by Gasteiger charge is 2.06. The Morgan fingerprint density at radius 1 is 1.07 bits per heavy atom. The molecule has 6 nitrogen and oxygen atoms in total. The molecular formula is C19H25ClIN3O3. The summed E-state index contributed by atoms with van der Waals surface area (Å²) in [6, 6.07) is 11.2. The number of aliphatic imine (C=N–C) groups is 1. The van der Waals surface area contributed by atoms with Crippen LogP contribution in [0.4, 0.5) is 0 Å². The molecule has 148 valence electrons. The molecule has 0 amide bonds. The lowest BCUT2D eigenvalue weighted by Crippen LogP contribution is -2.31. The van der Waals surface area contributed by atoms with Crippen molar-refractivity contribution in [2.75, 3.05) is 20.8 Å². The van der Waals surface area contributed by atoms with Gasteiger partial charge in [0.25, 0.3) is 0 Å². The van der Waals surface area contributed by atoms with Crippen LogP contribution in [0.3, 0.4) is 0 Å². The molecule has 0 heterocycles. The number of hydrogen-bond acceptors (Lipinski definition) is 4. The van der Waals surface area contributed by atoms with Crippen molar-refractivity contribution in [3.8, 4) is 17.2 Å². The van der Waals surface area contributed by atoms with Crippen LogP contribution in [0.2, 0.25) is 5.02 Å². The van der Waals surface area contributed by atoms with E-state index >= 15 is 0 Å². The van der Waals surface area contributed by atoms with E-state index < -0.39 is 0 Å². The first-order valence-electron chi connectivity index (χ1n) is 8.23. The summed E-state index contributed by atoms with van der Waals surface area (Å²) in [6.07, 6.45) is 0. The molecule has 2 aromatic carbocycles. The van der Waals surface area contributed by atoms with Crippen molar-refractivity contribution in [3.05, 3.63) is 52.5 Å². The zero-order valence-electron chi connectivity index (χ0n) is 15.6. The van der Waals surface area contributed by atoms with Gasteiger partial charge in [-0.05, 0) is 36.8 Å². The Labute approximate surface area is 182 Å².